The second-order valence-corrected chi connectivity index (χ2v) is 7.91. The van der Waals surface area contributed by atoms with Crippen LogP contribution < -0.4 is 5.32 Å². The number of hydrogen-bond acceptors (Lipinski definition) is 3. The zero-order chi connectivity index (χ0) is 19.4. The molecular formula is C20H30F2N4O. The van der Waals surface area contributed by atoms with Gasteiger partial charge in [-0.1, -0.05) is 0 Å². The van der Waals surface area contributed by atoms with E-state index < -0.39 is 17.7 Å². The van der Waals surface area contributed by atoms with Crippen molar-refractivity contribution in [2.45, 2.75) is 25.8 Å². The monoisotopic (exact) mass is 380 g/mol. The molecule has 7 heteroatoms. The zero-order valence-corrected chi connectivity index (χ0v) is 16.3. The van der Waals surface area contributed by atoms with Gasteiger partial charge < -0.3 is 20.0 Å². The van der Waals surface area contributed by atoms with Gasteiger partial charge in [-0.3, -0.25) is 0 Å². The van der Waals surface area contributed by atoms with E-state index in [1.807, 2.05) is 4.90 Å². The minimum absolute atomic E-state index is 0.162. The summed E-state index contributed by atoms with van der Waals surface area (Å²) in [5.74, 6) is -0.626. The average Bonchev–Trinajstić information content (AvgIpc) is 2.63. The van der Waals surface area contributed by atoms with Crippen molar-refractivity contribution in [2.75, 3.05) is 52.9 Å². The van der Waals surface area contributed by atoms with Crippen LogP contribution in [-0.2, 0) is 0 Å². The second-order valence-electron chi connectivity index (χ2n) is 7.91. The van der Waals surface area contributed by atoms with Gasteiger partial charge in [0.2, 0.25) is 0 Å². The number of hydrogen-bond donors (Lipinski definition) is 1. The Hall–Kier alpha value is -1.73. The van der Waals surface area contributed by atoms with Crippen molar-refractivity contribution in [1.29, 1.82) is 0 Å². The molecule has 0 bridgehead atoms. The van der Waals surface area contributed by atoms with E-state index in [9.17, 15) is 13.6 Å². The molecule has 3 rings (SSSR count). The topological polar surface area (TPSA) is 38.8 Å². The maximum Gasteiger partial charge on any atom is 0.317 e. The highest BCUT2D eigenvalue weighted by Crippen LogP contribution is 2.21. The van der Waals surface area contributed by atoms with Crippen molar-refractivity contribution in [3.05, 3.63) is 35.4 Å². The molecule has 0 radical (unpaired) electrons. The summed E-state index contributed by atoms with van der Waals surface area (Å²) in [5.41, 5.74) is 0.436. The number of halogens is 2. The van der Waals surface area contributed by atoms with Crippen LogP contribution in [0, 0.1) is 17.6 Å². The van der Waals surface area contributed by atoms with E-state index in [4.69, 9.17) is 0 Å². The number of piperazine rings is 1. The van der Waals surface area contributed by atoms with E-state index in [1.165, 1.54) is 12.1 Å². The number of nitrogens with one attached hydrogen (secondary N) is 1. The van der Waals surface area contributed by atoms with Crippen molar-refractivity contribution >= 4 is 6.03 Å². The molecule has 1 aromatic carbocycles. The van der Waals surface area contributed by atoms with E-state index in [-0.39, 0.29) is 6.03 Å². The summed E-state index contributed by atoms with van der Waals surface area (Å²) in [6.07, 6.45) is 2.01. The summed E-state index contributed by atoms with van der Waals surface area (Å²) in [4.78, 5) is 19.2. The lowest BCUT2D eigenvalue weighted by atomic mass is 9.96. The Morgan fingerprint density at radius 3 is 2.26 bits per heavy atom. The number of carbonyl (C=O) groups excluding carboxylic acids is 1. The van der Waals surface area contributed by atoms with E-state index in [0.717, 1.165) is 64.7 Å². The van der Waals surface area contributed by atoms with Gasteiger partial charge in [0, 0.05) is 51.9 Å². The molecule has 0 unspecified atom stereocenters. The molecular weight excluding hydrogens is 350 g/mol. The van der Waals surface area contributed by atoms with Crippen molar-refractivity contribution in [2.24, 2.45) is 5.92 Å². The van der Waals surface area contributed by atoms with E-state index in [1.54, 1.807) is 6.92 Å². The van der Waals surface area contributed by atoms with Crippen molar-refractivity contribution in [3.63, 3.8) is 0 Å². The summed E-state index contributed by atoms with van der Waals surface area (Å²) < 4.78 is 26.7. The highest BCUT2D eigenvalue weighted by Gasteiger charge is 2.26. The third-order valence-corrected chi connectivity index (χ3v) is 5.74. The van der Waals surface area contributed by atoms with Crippen LogP contribution in [0.4, 0.5) is 13.6 Å². The molecule has 2 heterocycles. The molecule has 27 heavy (non-hydrogen) atoms. The minimum atomic E-state index is -0.629. The lowest BCUT2D eigenvalue weighted by Crippen LogP contribution is -2.49. The van der Waals surface area contributed by atoms with Crippen LogP contribution in [0.25, 0.3) is 0 Å². The fourth-order valence-corrected chi connectivity index (χ4v) is 3.90. The first-order valence-corrected chi connectivity index (χ1v) is 9.83. The Morgan fingerprint density at radius 1 is 1.07 bits per heavy atom. The van der Waals surface area contributed by atoms with Crippen LogP contribution in [-0.4, -0.2) is 73.6 Å². The number of likely N-dealkylation sites (tertiary alicyclic amines) is 1. The molecule has 1 atom stereocenters. The second kappa shape index (κ2) is 8.97. The minimum Gasteiger partial charge on any atom is -0.331 e. The van der Waals surface area contributed by atoms with Gasteiger partial charge in [-0.25, -0.2) is 13.6 Å². The lowest BCUT2D eigenvalue weighted by molar-refractivity contribution is 0.110. The third-order valence-electron chi connectivity index (χ3n) is 5.74. The summed E-state index contributed by atoms with van der Waals surface area (Å²) in [5, 5.41) is 2.86. The van der Waals surface area contributed by atoms with Crippen molar-refractivity contribution < 1.29 is 13.6 Å². The highest BCUT2D eigenvalue weighted by molar-refractivity contribution is 5.74. The number of urea groups is 1. The molecule has 2 fully saturated rings. The number of carbonyl (C=O) groups is 1. The molecule has 1 aromatic rings. The summed E-state index contributed by atoms with van der Waals surface area (Å²) in [6.45, 7) is 8.81. The molecule has 2 amide bonds. The van der Waals surface area contributed by atoms with Gasteiger partial charge in [-0.2, -0.15) is 0 Å². The Balaban J connectivity index is 1.44. The van der Waals surface area contributed by atoms with Crippen LogP contribution in [0.3, 0.4) is 0 Å². The van der Waals surface area contributed by atoms with E-state index in [2.05, 4.69) is 22.2 Å². The summed E-state index contributed by atoms with van der Waals surface area (Å²) in [7, 11) is 2.16. The predicted octanol–water partition coefficient (Wildman–Crippen LogP) is 2.69. The fraction of sp³-hybridized carbons (Fsp3) is 0.650. The first-order chi connectivity index (χ1) is 12.9. The lowest BCUT2D eigenvalue weighted by Gasteiger charge is -2.38. The van der Waals surface area contributed by atoms with Gasteiger partial charge in [0.25, 0.3) is 0 Å². The third kappa shape index (κ3) is 5.62. The van der Waals surface area contributed by atoms with Crippen LogP contribution in [0.5, 0.6) is 0 Å². The van der Waals surface area contributed by atoms with Crippen LogP contribution in [0.2, 0.25) is 0 Å². The summed E-state index contributed by atoms with van der Waals surface area (Å²) >= 11 is 0. The van der Waals surface area contributed by atoms with Gasteiger partial charge in [0.05, 0.1) is 6.04 Å². The average molecular weight is 380 g/mol. The number of piperidine rings is 1. The zero-order valence-electron chi connectivity index (χ0n) is 16.3. The Labute approximate surface area is 160 Å². The number of amides is 2. The van der Waals surface area contributed by atoms with Crippen LogP contribution >= 0.6 is 0 Å². The highest BCUT2D eigenvalue weighted by atomic mass is 19.1. The number of nitrogens with zero attached hydrogens (tertiary/aromatic N) is 3. The standard InChI is InChI=1S/C20H30F2N4O/c1-15(17-11-18(21)13-19(22)12-17)23-20(27)26-5-3-16(4-6-26)14-25-9-7-24(2)8-10-25/h11-13,15-16H,3-10,14H2,1-2H3,(H,23,27)/t15-/m1/s1. The van der Waals surface area contributed by atoms with Gasteiger partial charge in [-0.05, 0) is 50.4 Å². The van der Waals surface area contributed by atoms with Crippen LogP contribution in [0.1, 0.15) is 31.4 Å². The van der Waals surface area contributed by atoms with Gasteiger partial charge in [0.1, 0.15) is 11.6 Å². The molecule has 0 aliphatic carbocycles. The van der Waals surface area contributed by atoms with Crippen molar-refractivity contribution in [3.8, 4) is 0 Å². The SMILES string of the molecule is C[C@@H](NC(=O)N1CCC(CN2CCN(C)CC2)CC1)c1cc(F)cc(F)c1. The number of rotatable bonds is 4. The molecule has 150 valence electrons. The van der Waals surface area contributed by atoms with Crippen molar-refractivity contribution in [1.82, 2.24) is 20.0 Å². The normalized spacial score (nSPS) is 21.3. The molecule has 0 saturated carbocycles. The number of likely N-dealkylation sites (N-methyl/N-ethyl adjacent to an activating group) is 1. The smallest absolute Gasteiger partial charge is 0.317 e. The first-order valence-electron chi connectivity index (χ1n) is 9.83. The quantitative estimate of drug-likeness (QED) is 0.873. The molecule has 1 N–H and O–H groups in total. The van der Waals surface area contributed by atoms with Crippen LogP contribution in [0.15, 0.2) is 18.2 Å². The van der Waals surface area contributed by atoms with E-state index >= 15 is 0 Å². The summed E-state index contributed by atoms with van der Waals surface area (Å²) in [6, 6.07) is 2.76. The molecule has 5 nitrogen and oxygen atoms in total. The molecule has 0 aromatic heterocycles. The number of benzene rings is 1. The molecule has 2 aliphatic heterocycles. The van der Waals surface area contributed by atoms with Gasteiger partial charge >= 0.3 is 6.03 Å². The Morgan fingerprint density at radius 2 is 1.67 bits per heavy atom. The maximum atomic E-state index is 13.4. The molecule has 2 aliphatic rings. The van der Waals surface area contributed by atoms with Gasteiger partial charge in [-0.15, -0.1) is 0 Å². The predicted molar refractivity (Wildman–Crippen MR) is 102 cm³/mol. The van der Waals surface area contributed by atoms with E-state index in [0.29, 0.717) is 11.5 Å². The fourth-order valence-electron chi connectivity index (χ4n) is 3.90. The Bertz CT molecular complexity index is 621. The first kappa shape index (κ1) is 20.0. The molecule has 2 saturated heterocycles. The molecule has 0 spiro atoms. The van der Waals surface area contributed by atoms with Gasteiger partial charge in [0.15, 0.2) is 0 Å². The Kier molecular flexibility index (Phi) is 6.65. The maximum absolute atomic E-state index is 13.4. The largest absolute Gasteiger partial charge is 0.331 e.